The lowest BCUT2D eigenvalue weighted by Crippen LogP contribution is -2.64. The third-order valence-electron chi connectivity index (χ3n) is 3.12. The van der Waals surface area contributed by atoms with Gasteiger partial charge in [0.2, 0.25) is 0 Å². The summed E-state index contributed by atoms with van der Waals surface area (Å²) in [7, 11) is 0. The van der Waals surface area contributed by atoms with E-state index in [0.29, 0.717) is 10.5 Å². The topological polar surface area (TPSA) is 83.9 Å². The Balaban J connectivity index is 1.99. The van der Waals surface area contributed by atoms with Crippen molar-refractivity contribution in [1.29, 1.82) is 0 Å². The molecule has 2 atom stereocenters. The summed E-state index contributed by atoms with van der Waals surface area (Å²) in [5.74, 6) is -3.30. The molecule has 1 aromatic carbocycles. The number of esters is 1. The molecule has 2 unspecified atom stereocenters. The third-order valence-corrected chi connectivity index (χ3v) is 3.12. The van der Waals surface area contributed by atoms with Crippen molar-refractivity contribution in [2.24, 2.45) is 5.92 Å². The second-order valence-corrected chi connectivity index (χ2v) is 4.39. The van der Waals surface area contributed by atoms with E-state index in [9.17, 15) is 18.8 Å². The van der Waals surface area contributed by atoms with Gasteiger partial charge in [0.05, 0.1) is 0 Å². The van der Waals surface area contributed by atoms with E-state index in [2.05, 4.69) is 0 Å². The number of ether oxygens (including phenoxy) is 1. The number of hydrogen-bond donors (Lipinski definition) is 1. The lowest BCUT2D eigenvalue weighted by molar-refractivity contribution is -0.168. The molecule has 1 aromatic rings. The lowest BCUT2D eigenvalue weighted by atomic mass is 9.89. The molecular weight excluding hydrogens is 269 g/mol. The average molecular weight is 281 g/mol. The zero-order valence-corrected chi connectivity index (χ0v) is 10.4. The molecule has 0 spiro atoms. The molecule has 1 heterocycles. The van der Waals surface area contributed by atoms with Gasteiger partial charge < -0.3 is 9.84 Å². The smallest absolute Gasteiger partial charge is 0.400 e. The van der Waals surface area contributed by atoms with Gasteiger partial charge in [-0.1, -0.05) is 30.3 Å². The van der Waals surface area contributed by atoms with E-state index < -0.39 is 30.1 Å². The highest BCUT2D eigenvalue weighted by molar-refractivity contribution is 5.90. The Morgan fingerprint density at radius 3 is 2.50 bits per heavy atom. The number of carboxylic acids is 1. The maximum Gasteiger partial charge on any atom is 0.400 e. The number of carboxylic acid groups (broad SMARTS) is 1. The van der Waals surface area contributed by atoms with Crippen molar-refractivity contribution in [3.8, 4) is 0 Å². The third kappa shape index (κ3) is 2.76. The molecule has 0 saturated carbocycles. The molecule has 1 fully saturated rings. The van der Waals surface area contributed by atoms with E-state index in [4.69, 9.17) is 9.84 Å². The van der Waals surface area contributed by atoms with Crippen LogP contribution in [0.5, 0.6) is 0 Å². The van der Waals surface area contributed by atoms with Gasteiger partial charge in [-0.3, -0.25) is 9.69 Å². The van der Waals surface area contributed by atoms with Crippen LogP contribution in [0.2, 0.25) is 0 Å². The molecule has 2 rings (SSSR count). The van der Waals surface area contributed by atoms with Gasteiger partial charge in [0.1, 0.15) is 18.6 Å². The summed E-state index contributed by atoms with van der Waals surface area (Å²) in [4.78, 5) is 33.8. The molecule has 0 aromatic heterocycles. The van der Waals surface area contributed by atoms with Crippen molar-refractivity contribution in [2.75, 3.05) is 6.54 Å². The Hall–Kier alpha value is -2.44. The van der Waals surface area contributed by atoms with Crippen LogP contribution in [-0.2, 0) is 20.9 Å². The molecule has 106 valence electrons. The molecule has 6 nitrogen and oxygen atoms in total. The zero-order valence-electron chi connectivity index (χ0n) is 10.4. The number of likely N-dealkylation sites (tertiary alicyclic amines) is 1. The van der Waals surface area contributed by atoms with E-state index in [-0.39, 0.29) is 13.2 Å². The Labute approximate surface area is 113 Å². The first-order chi connectivity index (χ1) is 9.50. The van der Waals surface area contributed by atoms with Crippen LogP contribution in [0.1, 0.15) is 5.56 Å². The largest absolute Gasteiger partial charge is 0.481 e. The van der Waals surface area contributed by atoms with Crippen LogP contribution in [0.15, 0.2) is 30.3 Å². The van der Waals surface area contributed by atoms with Gasteiger partial charge in [-0.2, -0.15) is 0 Å². The van der Waals surface area contributed by atoms with Crippen LogP contribution >= 0.6 is 0 Å². The van der Waals surface area contributed by atoms with Crippen LogP contribution in [0.25, 0.3) is 0 Å². The molecule has 20 heavy (non-hydrogen) atoms. The Morgan fingerprint density at radius 1 is 1.30 bits per heavy atom. The predicted molar refractivity (Wildman–Crippen MR) is 64.4 cm³/mol. The molecular formula is C13H12FNO5. The number of carbonyl (C=O) groups excluding carboxylic acids is 2. The predicted octanol–water partition coefficient (Wildman–Crippen LogP) is 1.20. The van der Waals surface area contributed by atoms with Crippen molar-refractivity contribution >= 4 is 18.1 Å². The van der Waals surface area contributed by atoms with Gasteiger partial charge in [0.25, 0.3) is 0 Å². The number of amides is 1. The number of rotatable bonds is 4. The first-order valence-corrected chi connectivity index (χ1v) is 5.90. The van der Waals surface area contributed by atoms with E-state index in [1.165, 1.54) is 0 Å². The second-order valence-electron chi connectivity index (χ2n) is 4.39. The first-order valence-electron chi connectivity index (χ1n) is 5.90. The highest BCUT2D eigenvalue weighted by atomic mass is 19.1. The maximum absolute atomic E-state index is 12.6. The number of aliphatic carboxylic acids is 1. The number of carbonyl (C=O) groups is 3. The minimum absolute atomic E-state index is 0.0587. The van der Waals surface area contributed by atoms with Crippen LogP contribution in [0.3, 0.4) is 0 Å². The van der Waals surface area contributed by atoms with Crippen molar-refractivity contribution < 1.29 is 28.6 Å². The van der Waals surface area contributed by atoms with E-state index in [1.807, 2.05) is 0 Å². The number of nitrogens with zero attached hydrogens (tertiary/aromatic N) is 1. The Kier molecular flexibility index (Phi) is 3.97. The molecule has 7 heteroatoms. The van der Waals surface area contributed by atoms with Crippen molar-refractivity contribution in [2.45, 2.75) is 12.6 Å². The zero-order chi connectivity index (χ0) is 14.7. The number of hydrogen-bond acceptors (Lipinski definition) is 4. The molecule has 0 bridgehead atoms. The van der Waals surface area contributed by atoms with E-state index >= 15 is 0 Å². The van der Waals surface area contributed by atoms with Crippen LogP contribution in [0.4, 0.5) is 9.18 Å². The standard InChI is InChI=1S/C13H12FNO5/c14-13(19)15-6-9(11(16)17)10(15)12(18)20-7-8-4-2-1-3-5-8/h1-5,9-10H,6-7H2,(H,16,17). The highest BCUT2D eigenvalue weighted by Crippen LogP contribution is 2.27. The minimum atomic E-state index is -1.83. The number of benzene rings is 1. The SMILES string of the molecule is O=C(O)C1CN(C(=O)F)C1C(=O)OCc1ccccc1. The minimum Gasteiger partial charge on any atom is -0.481 e. The fraction of sp³-hybridized carbons (Fsp3) is 0.308. The van der Waals surface area contributed by atoms with Crippen molar-refractivity contribution in [1.82, 2.24) is 4.90 Å². The van der Waals surface area contributed by atoms with Gasteiger partial charge in [0, 0.05) is 6.54 Å². The Bertz CT molecular complexity index is 513. The van der Waals surface area contributed by atoms with Crippen LogP contribution in [-0.4, -0.2) is 40.7 Å². The lowest BCUT2D eigenvalue weighted by Gasteiger charge is -2.41. The molecule has 1 amide bonds. The van der Waals surface area contributed by atoms with Gasteiger partial charge >= 0.3 is 18.1 Å². The monoisotopic (exact) mass is 281 g/mol. The summed E-state index contributed by atoms with van der Waals surface area (Å²) in [5, 5.41) is 8.87. The molecule has 0 radical (unpaired) electrons. The van der Waals surface area contributed by atoms with Crippen LogP contribution < -0.4 is 0 Å². The molecule has 1 saturated heterocycles. The fourth-order valence-corrected chi connectivity index (χ4v) is 2.00. The van der Waals surface area contributed by atoms with Gasteiger partial charge in [-0.25, -0.2) is 9.59 Å². The molecule has 0 aliphatic carbocycles. The quantitative estimate of drug-likeness (QED) is 0.509. The molecule has 1 N–H and O–H groups in total. The normalized spacial score (nSPS) is 20.9. The summed E-state index contributed by atoms with van der Waals surface area (Å²) in [6.45, 7) is -0.382. The fourth-order valence-electron chi connectivity index (χ4n) is 2.00. The van der Waals surface area contributed by atoms with Crippen LogP contribution in [0, 0.1) is 5.92 Å². The summed E-state index contributed by atoms with van der Waals surface area (Å²) in [6, 6.07) is 7.35. The summed E-state index contributed by atoms with van der Waals surface area (Å²) < 4.78 is 17.6. The second kappa shape index (κ2) is 5.68. The van der Waals surface area contributed by atoms with Crippen molar-refractivity contribution in [3.63, 3.8) is 0 Å². The van der Waals surface area contributed by atoms with E-state index in [1.54, 1.807) is 30.3 Å². The maximum atomic E-state index is 12.6. The molecule has 1 aliphatic heterocycles. The summed E-state index contributed by atoms with van der Waals surface area (Å²) >= 11 is 0. The highest BCUT2D eigenvalue weighted by Gasteiger charge is 2.51. The van der Waals surface area contributed by atoms with E-state index in [0.717, 1.165) is 0 Å². The first kappa shape index (κ1) is 14.0. The Morgan fingerprint density at radius 2 is 1.95 bits per heavy atom. The molecule has 1 aliphatic rings. The van der Waals surface area contributed by atoms with Crippen molar-refractivity contribution in [3.05, 3.63) is 35.9 Å². The number of halogens is 1. The van der Waals surface area contributed by atoms with Gasteiger partial charge in [-0.05, 0) is 5.56 Å². The summed E-state index contributed by atoms with van der Waals surface area (Å²) in [6.07, 6.45) is -1.83. The summed E-state index contributed by atoms with van der Waals surface area (Å²) in [5.41, 5.74) is 0.713. The average Bonchev–Trinajstić information content (AvgIpc) is 2.35. The van der Waals surface area contributed by atoms with Gasteiger partial charge in [-0.15, -0.1) is 4.39 Å². The van der Waals surface area contributed by atoms with Gasteiger partial charge in [0.15, 0.2) is 0 Å².